The van der Waals surface area contributed by atoms with Gasteiger partial charge in [-0.2, -0.15) is 0 Å². The number of hydrogen-bond donors (Lipinski definition) is 1. The van der Waals surface area contributed by atoms with Gasteiger partial charge in [0.05, 0.1) is 23.9 Å². The van der Waals surface area contributed by atoms with Gasteiger partial charge in [0, 0.05) is 6.07 Å². The molecule has 126 valence electrons. The highest BCUT2D eigenvalue weighted by molar-refractivity contribution is 6.33. The van der Waals surface area contributed by atoms with Crippen molar-refractivity contribution in [2.45, 2.75) is 26.9 Å². The molecule has 0 aliphatic heterocycles. The van der Waals surface area contributed by atoms with Crippen LogP contribution in [0.2, 0.25) is 5.02 Å². The van der Waals surface area contributed by atoms with Crippen molar-refractivity contribution in [3.8, 4) is 5.75 Å². The molecule has 1 amide bonds. The fourth-order valence-electron chi connectivity index (χ4n) is 1.67. The molecule has 1 aromatic rings. The zero-order valence-electron chi connectivity index (χ0n) is 13.3. The van der Waals surface area contributed by atoms with E-state index >= 15 is 0 Å². The zero-order valence-corrected chi connectivity index (χ0v) is 14.1. The second-order valence-electron chi connectivity index (χ2n) is 4.58. The summed E-state index contributed by atoms with van der Waals surface area (Å²) in [5.74, 6) is -0.0873. The molecule has 1 unspecified atom stereocenters. The number of halogens is 1. The lowest BCUT2D eigenvalue weighted by Gasteiger charge is -2.17. The molecule has 6 nitrogen and oxygen atoms in total. The number of carbonyl (C=O) groups is 2. The Bertz CT molecular complexity index is 588. The lowest BCUT2D eigenvalue weighted by molar-refractivity contribution is -0.150. The van der Waals surface area contributed by atoms with Crippen molar-refractivity contribution in [1.29, 1.82) is 0 Å². The number of esters is 1. The first-order valence-electron chi connectivity index (χ1n) is 7.11. The minimum atomic E-state index is -1.17. The maximum absolute atomic E-state index is 11.9. The average molecular weight is 342 g/mol. The van der Waals surface area contributed by atoms with Gasteiger partial charge in [-0.1, -0.05) is 18.2 Å². The van der Waals surface area contributed by atoms with E-state index in [9.17, 15) is 9.59 Å². The summed E-state index contributed by atoms with van der Waals surface area (Å²) >= 11 is 6.06. The van der Waals surface area contributed by atoms with Crippen molar-refractivity contribution in [3.05, 3.63) is 35.4 Å². The number of hydrogen-bond acceptors (Lipinski definition) is 5. The molecule has 23 heavy (non-hydrogen) atoms. The third kappa shape index (κ3) is 5.83. The topological polar surface area (TPSA) is 73.9 Å². The summed E-state index contributed by atoms with van der Waals surface area (Å²) in [6.07, 6.45) is -2.01. The van der Waals surface area contributed by atoms with E-state index in [0.717, 1.165) is 0 Å². The quantitative estimate of drug-likeness (QED) is 0.603. The van der Waals surface area contributed by atoms with Crippen LogP contribution < -0.4 is 10.1 Å². The van der Waals surface area contributed by atoms with E-state index in [1.54, 1.807) is 32.0 Å². The number of amides is 1. The second kappa shape index (κ2) is 9.05. The van der Waals surface area contributed by atoms with Crippen LogP contribution in [0.3, 0.4) is 0 Å². The summed E-state index contributed by atoms with van der Waals surface area (Å²) in [5.41, 5.74) is 0.695. The summed E-state index contributed by atoms with van der Waals surface area (Å²) in [5, 5.41) is 2.75. The molecule has 0 radical (unpaired) electrons. The first-order chi connectivity index (χ1) is 10.9. The molecule has 0 aliphatic carbocycles. The molecule has 0 aliphatic rings. The van der Waals surface area contributed by atoms with E-state index in [-0.39, 0.29) is 11.6 Å². The van der Waals surface area contributed by atoms with Gasteiger partial charge in [0.1, 0.15) is 5.75 Å². The van der Waals surface area contributed by atoms with Gasteiger partial charge in [-0.25, -0.2) is 9.59 Å². The molecule has 0 bridgehead atoms. The highest BCUT2D eigenvalue weighted by atomic mass is 35.5. The SMILES string of the molecule is C=C(C)C(OC(=O)Nc1ccc(OCC)cc1Cl)C(=O)OCC. The molecule has 0 saturated heterocycles. The maximum atomic E-state index is 11.9. The minimum absolute atomic E-state index is 0.179. The highest BCUT2D eigenvalue weighted by Crippen LogP contribution is 2.27. The Morgan fingerprint density at radius 3 is 2.52 bits per heavy atom. The smallest absolute Gasteiger partial charge is 0.412 e. The molecule has 1 atom stereocenters. The minimum Gasteiger partial charge on any atom is -0.494 e. The molecule has 1 N–H and O–H groups in total. The number of anilines is 1. The Morgan fingerprint density at radius 2 is 2.00 bits per heavy atom. The first kappa shape index (κ1) is 18.8. The molecule has 0 heterocycles. The fraction of sp³-hybridized carbons (Fsp3) is 0.375. The largest absolute Gasteiger partial charge is 0.494 e. The molecule has 7 heteroatoms. The van der Waals surface area contributed by atoms with Gasteiger partial charge in [0.25, 0.3) is 0 Å². The van der Waals surface area contributed by atoms with Crippen molar-refractivity contribution in [1.82, 2.24) is 0 Å². The fourth-order valence-corrected chi connectivity index (χ4v) is 1.89. The van der Waals surface area contributed by atoms with Crippen LogP contribution in [-0.4, -0.2) is 31.4 Å². The summed E-state index contributed by atoms with van der Waals surface area (Å²) < 4.78 is 15.2. The van der Waals surface area contributed by atoms with E-state index in [2.05, 4.69) is 11.9 Å². The van der Waals surface area contributed by atoms with Crippen LogP contribution in [0.4, 0.5) is 10.5 Å². The van der Waals surface area contributed by atoms with Gasteiger partial charge < -0.3 is 14.2 Å². The summed E-state index contributed by atoms with van der Waals surface area (Å²) in [7, 11) is 0. The van der Waals surface area contributed by atoms with E-state index in [1.807, 2.05) is 6.92 Å². The van der Waals surface area contributed by atoms with Crippen LogP contribution in [0.5, 0.6) is 5.75 Å². The first-order valence-corrected chi connectivity index (χ1v) is 7.48. The van der Waals surface area contributed by atoms with E-state index in [0.29, 0.717) is 23.6 Å². The van der Waals surface area contributed by atoms with Crippen molar-refractivity contribution < 1.29 is 23.8 Å². The molecular formula is C16H20ClNO5. The lowest BCUT2D eigenvalue weighted by Crippen LogP contribution is -2.32. The van der Waals surface area contributed by atoms with Crippen LogP contribution in [0.1, 0.15) is 20.8 Å². The number of benzene rings is 1. The van der Waals surface area contributed by atoms with Gasteiger partial charge in [0.2, 0.25) is 6.10 Å². The third-order valence-electron chi connectivity index (χ3n) is 2.66. The van der Waals surface area contributed by atoms with E-state index in [4.69, 9.17) is 25.8 Å². The number of rotatable bonds is 7. The number of ether oxygens (including phenoxy) is 3. The zero-order chi connectivity index (χ0) is 17.4. The number of carbonyl (C=O) groups excluding carboxylic acids is 2. The van der Waals surface area contributed by atoms with E-state index < -0.39 is 18.2 Å². The normalized spacial score (nSPS) is 11.3. The van der Waals surface area contributed by atoms with Crippen LogP contribution >= 0.6 is 11.6 Å². The van der Waals surface area contributed by atoms with Crippen LogP contribution in [-0.2, 0) is 14.3 Å². The summed E-state index contributed by atoms with van der Waals surface area (Å²) in [4.78, 5) is 23.7. The van der Waals surface area contributed by atoms with Crippen molar-refractivity contribution in [2.75, 3.05) is 18.5 Å². The Balaban J connectivity index is 2.75. The molecule has 0 spiro atoms. The van der Waals surface area contributed by atoms with Gasteiger partial charge in [0.15, 0.2) is 0 Å². The molecule has 0 fully saturated rings. The predicted molar refractivity (Wildman–Crippen MR) is 88.0 cm³/mol. The predicted octanol–water partition coefficient (Wildman–Crippen LogP) is 3.80. The Labute approximate surface area is 140 Å². The van der Waals surface area contributed by atoms with Crippen LogP contribution in [0.25, 0.3) is 0 Å². The van der Waals surface area contributed by atoms with Crippen LogP contribution in [0.15, 0.2) is 30.4 Å². The molecule has 1 rings (SSSR count). The van der Waals surface area contributed by atoms with E-state index in [1.165, 1.54) is 0 Å². The van der Waals surface area contributed by atoms with Gasteiger partial charge in [-0.05, 0) is 38.5 Å². The summed E-state index contributed by atoms with van der Waals surface area (Å²) in [6.45, 7) is 9.38. The lowest BCUT2D eigenvalue weighted by atomic mass is 10.2. The summed E-state index contributed by atoms with van der Waals surface area (Å²) in [6, 6.07) is 4.81. The van der Waals surface area contributed by atoms with Gasteiger partial charge in [-0.3, -0.25) is 5.32 Å². The molecule has 1 aromatic carbocycles. The highest BCUT2D eigenvalue weighted by Gasteiger charge is 2.25. The Kier molecular flexibility index (Phi) is 7.41. The molecule has 0 saturated carbocycles. The Morgan fingerprint density at radius 1 is 1.30 bits per heavy atom. The third-order valence-corrected chi connectivity index (χ3v) is 2.97. The molecule has 0 aromatic heterocycles. The van der Waals surface area contributed by atoms with Gasteiger partial charge in [-0.15, -0.1) is 0 Å². The standard InChI is InChI=1S/C16H20ClNO5/c1-5-21-11-7-8-13(12(17)9-11)18-16(20)23-14(10(3)4)15(19)22-6-2/h7-9,14H,3,5-6H2,1-2,4H3,(H,18,20). The molecular weight excluding hydrogens is 322 g/mol. The van der Waals surface area contributed by atoms with Crippen LogP contribution in [0, 0.1) is 0 Å². The van der Waals surface area contributed by atoms with Gasteiger partial charge >= 0.3 is 12.1 Å². The average Bonchev–Trinajstić information content (AvgIpc) is 2.48. The number of nitrogens with one attached hydrogen (secondary N) is 1. The van der Waals surface area contributed by atoms with Crippen molar-refractivity contribution >= 4 is 29.4 Å². The monoisotopic (exact) mass is 341 g/mol. The maximum Gasteiger partial charge on any atom is 0.412 e. The second-order valence-corrected chi connectivity index (χ2v) is 4.99. The Hall–Kier alpha value is -2.21. The van der Waals surface area contributed by atoms with Crippen molar-refractivity contribution in [2.24, 2.45) is 0 Å². The van der Waals surface area contributed by atoms with Crippen molar-refractivity contribution in [3.63, 3.8) is 0 Å².